The van der Waals surface area contributed by atoms with Crippen LogP contribution in [0.2, 0.25) is 0 Å². The van der Waals surface area contributed by atoms with Gasteiger partial charge in [0, 0.05) is 45.2 Å². The van der Waals surface area contributed by atoms with Crippen molar-refractivity contribution in [3.63, 3.8) is 0 Å². The van der Waals surface area contributed by atoms with Crippen molar-refractivity contribution in [1.29, 1.82) is 0 Å². The van der Waals surface area contributed by atoms with E-state index in [1.165, 1.54) is 5.56 Å². The summed E-state index contributed by atoms with van der Waals surface area (Å²) in [6.07, 6.45) is 0.538. The van der Waals surface area contributed by atoms with Gasteiger partial charge in [-0.2, -0.15) is 17.7 Å². The molecule has 0 aliphatic carbocycles. The molecule has 4 heteroatoms. The van der Waals surface area contributed by atoms with Gasteiger partial charge in [0.2, 0.25) is 0 Å². The molecule has 1 saturated heterocycles. The van der Waals surface area contributed by atoms with Crippen molar-refractivity contribution < 1.29 is 42.2 Å². The summed E-state index contributed by atoms with van der Waals surface area (Å²) in [6.45, 7) is 8.87. The number of rotatable bonds is 5. The summed E-state index contributed by atoms with van der Waals surface area (Å²) in [5.41, 5.74) is 2.21. The average molecular weight is 451 g/mol. The van der Waals surface area contributed by atoms with Crippen LogP contribution >= 0.6 is 0 Å². The van der Waals surface area contributed by atoms with E-state index in [1.807, 2.05) is 36.4 Å². The molecule has 0 amide bonds. The minimum absolute atomic E-state index is 0. The number of hydrogen-bond acceptors (Lipinski definition) is 3. The van der Waals surface area contributed by atoms with E-state index >= 15 is 0 Å². The third-order valence-electron chi connectivity index (χ3n) is 5.01. The minimum Gasteiger partial charge on any atom is -0.386 e. The maximum atomic E-state index is 6.28. The van der Waals surface area contributed by atoms with Crippen LogP contribution in [0.15, 0.2) is 60.7 Å². The zero-order valence-electron chi connectivity index (χ0n) is 16.9. The van der Waals surface area contributed by atoms with E-state index in [9.17, 15) is 0 Å². The van der Waals surface area contributed by atoms with Crippen LogP contribution in [0.3, 0.4) is 0 Å². The van der Waals surface area contributed by atoms with Crippen molar-refractivity contribution >= 4 is 0 Å². The first-order valence-electron chi connectivity index (χ1n) is 9.66. The van der Waals surface area contributed by atoms with E-state index in [1.54, 1.807) is 6.61 Å². The number of morpholine rings is 1. The molecule has 4 atom stereocenters. The Morgan fingerprint density at radius 3 is 2.29 bits per heavy atom. The van der Waals surface area contributed by atoms with E-state index in [0.29, 0.717) is 6.54 Å². The van der Waals surface area contributed by atoms with Gasteiger partial charge in [0.1, 0.15) is 0 Å². The molecule has 3 nitrogen and oxygen atoms in total. The summed E-state index contributed by atoms with van der Waals surface area (Å²) in [5, 5.41) is 0. The molecule has 2 aromatic rings. The molecular formula is C24H28NO2Y-. The first-order valence-corrected chi connectivity index (χ1v) is 9.66. The Kier molecular flexibility index (Phi) is 9.72. The monoisotopic (exact) mass is 451 g/mol. The second-order valence-corrected chi connectivity index (χ2v) is 6.85. The molecule has 2 aromatic carbocycles. The van der Waals surface area contributed by atoms with Gasteiger partial charge in [-0.1, -0.05) is 55.8 Å². The van der Waals surface area contributed by atoms with Crippen molar-refractivity contribution in [1.82, 2.24) is 4.90 Å². The Morgan fingerprint density at radius 1 is 1.00 bits per heavy atom. The van der Waals surface area contributed by atoms with Crippen molar-refractivity contribution in [2.24, 2.45) is 0 Å². The normalized spacial score (nSPS) is 24.5. The second-order valence-electron chi connectivity index (χ2n) is 6.85. The van der Waals surface area contributed by atoms with Crippen LogP contribution in [0.25, 0.3) is 0 Å². The Bertz CT molecular complexity index is 756. The van der Waals surface area contributed by atoms with E-state index in [0.717, 1.165) is 12.0 Å². The largest absolute Gasteiger partial charge is 0.386 e. The van der Waals surface area contributed by atoms with Gasteiger partial charge in [-0.25, -0.2) is 0 Å². The zero-order valence-corrected chi connectivity index (χ0v) is 19.8. The Labute approximate surface area is 194 Å². The molecule has 145 valence electrons. The summed E-state index contributed by atoms with van der Waals surface area (Å²) in [6, 6.07) is 20.7. The molecular weight excluding hydrogens is 423 g/mol. The SMILES string of the molecule is CCC#CCN1C(C)C(C)OC(O[CH-]c2ccccc2)C1c1ccccc1.[Y]. The number of benzene rings is 2. The summed E-state index contributed by atoms with van der Waals surface area (Å²) in [7, 11) is 0. The van der Waals surface area contributed by atoms with Crippen molar-refractivity contribution in [2.75, 3.05) is 6.54 Å². The van der Waals surface area contributed by atoms with Gasteiger partial charge in [0.15, 0.2) is 6.29 Å². The third-order valence-corrected chi connectivity index (χ3v) is 5.01. The summed E-state index contributed by atoms with van der Waals surface area (Å²) in [4.78, 5) is 2.40. The van der Waals surface area contributed by atoms with Crippen molar-refractivity contribution in [3.8, 4) is 11.8 Å². The van der Waals surface area contributed by atoms with Gasteiger partial charge < -0.3 is 9.47 Å². The Hall–Kier alpha value is -1.15. The Morgan fingerprint density at radius 2 is 1.64 bits per heavy atom. The molecule has 1 aliphatic heterocycles. The van der Waals surface area contributed by atoms with Crippen LogP contribution < -0.4 is 0 Å². The van der Waals surface area contributed by atoms with Crippen molar-refractivity contribution in [2.45, 2.75) is 51.7 Å². The molecule has 0 spiro atoms. The maximum Gasteiger partial charge on any atom is 0.170 e. The molecule has 0 N–H and O–H groups in total. The Balaban J connectivity index is 0.00000280. The third kappa shape index (κ3) is 5.93. The van der Waals surface area contributed by atoms with Gasteiger partial charge >= 0.3 is 0 Å². The maximum absolute atomic E-state index is 6.28. The van der Waals surface area contributed by atoms with Gasteiger partial charge in [-0.3, -0.25) is 4.90 Å². The second kappa shape index (κ2) is 11.8. The van der Waals surface area contributed by atoms with E-state index < -0.39 is 0 Å². The van der Waals surface area contributed by atoms with E-state index in [2.05, 4.69) is 61.8 Å². The van der Waals surface area contributed by atoms with Crippen LogP contribution in [0.1, 0.15) is 44.4 Å². The van der Waals surface area contributed by atoms with Crippen LogP contribution in [0.4, 0.5) is 0 Å². The molecule has 4 unspecified atom stereocenters. The smallest absolute Gasteiger partial charge is 0.170 e. The predicted octanol–water partition coefficient (Wildman–Crippen LogP) is 4.80. The van der Waals surface area contributed by atoms with Gasteiger partial charge in [0.05, 0.1) is 18.7 Å². The molecule has 1 radical (unpaired) electrons. The van der Waals surface area contributed by atoms with Gasteiger partial charge in [-0.15, -0.1) is 18.1 Å². The molecule has 1 aliphatic rings. The minimum atomic E-state index is -0.387. The fourth-order valence-corrected chi connectivity index (χ4v) is 3.38. The summed E-state index contributed by atoms with van der Waals surface area (Å²) < 4.78 is 12.4. The van der Waals surface area contributed by atoms with Crippen LogP contribution in [0.5, 0.6) is 0 Å². The number of ether oxygens (including phenoxy) is 2. The predicted molar refractivity (Wildman–Crippen MR) is 109 cm³/mol. The first kappa shape index (κ1) is 23.1. The molecule has 0 saturated carbocycles. The quantitative estimate of drug-likeness (QED) is 0.482. The molecule has 0 bridgehead atoms. The molecule has 28 heavy (non-hydrogen) atoms. The zero-order chi connectivity index (χ0) is 19.1. The van der Waals surface area contributed by atoms with E-state index in [4.69, 9.17) is 9.47 Å². The van der Waals surface area contributed by atoms with E-state index in [-0.39, 0.29) is 57.2 Å². The van der Waals surface area contributed by atoms with Crippen LogP contribution in [-0.4, -0.2) is 29.9 Å². The van der Waals surface area contributed by atoms with Crippen LogP contribution in [0, 0.1) is 18.4 Å². The summed E-state index contributed by atoms with van der Waals surface area (Å²) in [5.74, 6) is 6.50. The number of hydrogen-bond donors (Lipinski definition) is 0. The first-order chi connectivity index (χ1) is 13.2. The standard InChI is InChI=1S/C24H28NO2.Y/c1-4-5-12-17-25-19(2)20(3)27-24(23(25)22-15-10-7-11-16-22)26-18-21-13-8-6-9-14-21;/h6-11,13-16,18-20,23-24H,4,17H2,1-3H3;/q-1;. The van der Waals surface area contributed by atoms with Crippen molar-refractivity contribution in [3.05, 3.63) is 78.4 Å². The van der Waals surface area contributed by atoms with Gasteiger partial charge in [0.25, 0.3) is 0 Å². The topological polar surface area (TPSA) is 21.7 Å². The van der Waals surface area contributed by atoms with Crippen LogP contribution in [-0.2, 0) is 42.2 Å². The summed E-state index contributed by atoms with van der Waals surface area (Å²) >= 11 is 0. The van der Waals surface area contributed by atoms with Gasteiger partial charge in [-0.05, 0) is 19.4 Å². The fraction of sp³-hybridized carbons (Fsp3) is 0.375. The molecule has 1 fully saturated rings. The molecule has 3 rings (SSSR count). The molecule has 0 aromatic heterocycles. The fourth-order valence-electron chi connectivity index (χ4n) is 3.38. The number of nitrogens with zero attached hydrogens (tertiary/aromatic N) is 1. The average Bonchev–Trinajstić information content (AvgIpc) is 2.71. The molecule has 1 heterocycles.